The van der Waals surface area contributed by atoms with E-state index in [0.717, 1.165) is 12.3 Å². The molecule has 0 aliphatic rings. The van der Waals surface area contributed by atoms with Crippen molar-refractivity contribution < 1.29 is 4.74 Å². The van der Waals surface area contributed by atoms with Gasteiger partial charge < -0.3 is 10.1 Å². The van der Waals surface area contributed by atoms with E-state index >= 15 is 0 Å². The molecule has 0 unspecified atom stereocenters. The van der Waals surface area contributed by atoms with Crippen molar-refractivity contribution in [1.29, 1.82) is 0 Å². The highest BCUT2D eigenvalue weighted by molar-refractivity contribution is 5.30. The third kappa shape index (κ3) is 4.11. The Kier molecular flexibility index (Phi) is 4.58. The maximum absolute atomic E-state index is 5.81. The Labute approximate surface area is 115 Å². The Hall–Kier alpha value is -1.80. The molecule has 19 heavy (non-hydrogen) atoms. The highest BCUT2D eigenvalue weighted by Crippen LogP contribution is 2.15. The lowest BCUT2D eigenvalue weighted by Crippen LogP contribution is -2.04. The highest BCUT2D eigenvalue weighted by atomic mass is 16.5. The molecule has 0 saturated carbocycles. The fraction of sp³-hybridized carbons (Fsp3) is 0.294. The molecule has 2 heteroatoms. The van der Waals surface area contributed by atoms with Crippen LogP contribution in [0.1, 0.15) is 22.3 Å². The lowest BCUT2D eigenvalue weighted by molar-refractivity contribution is 0.306. The molecule has 0 radical (unpaired) electrons. The number of aryl methyl sites for hydroxylation is 2. The summed E-state index contributed by atoms with van der Waals surface area (Å²) >= 11 is 0. The average Bonchev–Trinajstić information content (AvgIpc) is 2.37. The zero-order valence-corrected chi connectivity index (χ0v) is 11.9. The van der Waals surface area contributed by atoms with Crippen LogP contribution in [0.2, 0.25) is 0 Å². The van der Waals surface area contributed by atoms with Gasteiger partial charge in [-0.05, 0) is 44.2 Å². The van der Waals surface area contributed by atoms with Crippen LogP contribution in [-0.2, 0) is 13.2 Å². The number of ether oxygens (including phenoxy) is 1. The Balaban J connectivity index is 1.98. The molecule has 100 valence electrons. The number of rotatable bonds is 5. The van der Waals surface area contributed by atoms with Gasteiger partial charge in [-0.3, -0.25) is 0 Å². The third-order valence-corrected chi connectivity index (χ3v) is 2.99. The van der Waals surface area contributed by atoms with Crippen molar-refractivity contribution in [3.05, 3.63) is 64.7 Å². The maximum Gasteiger partial charge on any atom is 0.119 e. The van der Waals surface area contributed by atoms with Crippen LogP contribution in [0.15, 0.2) is 42.5 Å². The second-order valence-electron chi connectivity index (χ2n) is 4.96. The molecule has 0 atom stereocenters. The monoisotopic (exact) mass is 255 g/mol. The minimum absolute atomic E-state index is 0.619. The third-order valence-electron chi connectivity index (χ3n) is 2.99. The van der Waals surface area contributed by atoms with Crippen LogP contribution in [0.25, 0.3) is 0 Å². The Morgan fingerprint density at radius 3 is 2.11 bits per heavy atom. The van der Waals surface area contributed by atoms with Gasteiger partial charge in [0.2, 0.25) is 0 Å². The topological polar surface area (TPSA) is 21.3 Å². The summed E-state index contributed by atoms with van der Waals surface area (Å²) in [5.41, 5.74) is 5.05. The summed E-state index contributed by atoms with van der Waals surface area (Å²) in [6, 6.07) is 14.7. The molecule has 2 aromatic rings. The fourth-order valence-corrected chi connectivity index (χ4v) is 2.23. The van der Waals surface area contributed by atoms with Crippen molar-refractivity contribution in [3.63, 3.8) is 0 Å². The molecule has 2 aromatic carbocycles. The summed E-state index contributed by atoms with van der Waals surface area (Å²) in [5, 5.41) is 3.13. The van der Waals surface area contributed by atoms with Crippen molar-refractivity contribution in [3.8, 4) is 5.75 Å². The van der Waals surface area contributed by atoms with Gasteiger partial charge in [0.05, 0.1) is 0 Å². The van der Waals surface area contributed by atoms with Gasteiger partial charge in [-0.25, -0.2) is 0 Å². The number of benzene rings is 2. The molecule has 0 fully saturated rings. The summed E-state index contributed by atoms with van der Waals surface area (Å²) in [7, 11) is 1.95. The molecule has 0 aliphatic heterocycles. The van der Waals surface area contributed by atoms with Crippen LogP contribution in [0, 0.1) is 13.8 Å². The molecule has 1 N–H and O–H groups in total. The molecule has 0 heterocycles. The maximum atomic E-state index is 5.81. The van der Waals surface area contributed by atoms with E-state index in [9.17, 15) is 0 Å². The largest absolute Gasteiger partial charge is 0.489 e. The van der Waals surface area contributed by atoms with Gasteiger partial charge in [-0.2, -0.15) is 0 Å². The molecule has 2 rings (SSSR count). The zero-order chi connectivity index (χ0) is 13.7. The fourth-order valence-electron chi connectivity index (χ4n) is 2.23. The van der Waals surface area contributed by atoms with Gasteiger partial charge >= 0.3 is 0 Å². The Morgan fingerprint density at radius 2 is 1.53 bits per heavy atom. The smallest absolute Gasteiger partial charge is 0.119 e. The first-order valence-corrected chi connectivity index (χ1v) is 6.61. The number of hydrogen-bond acceptors (Lipinski definition) is 2. The van der Waals surface area contributed by atoms with E-state index in [1.54, 1.807) is 0 Å². The molecule has 0 bridgehead atoms. The van der Waals surface area contributed by atoms with E-state index < -0.39 is 0 Å². The average molecular weight is 255 g/mol. The molecule has 0 aromatic heterocycles. The van der Waals surface area contributed by atoms with Gasteiger partial charge in [0, 0.05) is 6.54 Å². The van der Waals surface area contributed by atoms with Gasteiger partial charge in [0.25, 0.3) is 0 Å². The van der Waals surface area contributed by atoms with Crippen LogP contribution in [0.4, 0.5) is 0 Å². The van der Waals surface area contributed by atoms with Crippen LogP contribution in [0.5, 0.6) is 5.75 Å². The lowest BCUT2D eigenvalue weighted by atomic mass is 10.1. The van der Waals surface area contributed by atoms with E-state index in [1.807, 2.05) is 19.2 Å². The van der Waals surface area contributed by atoms with Crippen LogP contribution < -0.4 is 10.1 Å². The molecule has 0 spiro atoms. The minimum atomic E-state index is 0.619. The van der Waals surface area contributed by atoms with Gasteiger partial charge in [0.15, 0.2) is 0 Å². The van der Waals surface area contributed by atoms with Crippen molar-refractivity contribution in [2.75, 3.05) is 7.05 Å². The second-order valence-corrected chi connectivity index (χ2v) is 4.96. The summed E-state index contributed by atoms with van der Waals surface area (Å²) in [6.07, 6.45) is 0. The van der Waals surface area contributed by atoms with E-state index in [2.05, 4.69) is 49.5 Å². The van der Waals surface area contributed by atoms with Gasteiger partial charge in [-0.1, -0.05) is 41.5 Å². The van der Waals surface area contributed by atoms with E-state index in [-0.39, 0.29) is 0 Å². The zero-order valence-electron chi connectivity index (χ0n) is 11.9. The number of hydrogen-bond donors (Lipinski definition) is 1. The molecule has 0 amide bonds. The minimum Gasteiger partial charge on any atom is -0.489 e. The first kappa shape index (κ1) is 13.6. The van der Waals surface area contributed by atoms with E-state index in [0.29, 0.717) is 6.61 Å². The predicted octanol–water partition coefficient (Wildman–Crippen LogP) is 3.60. The molecular weight excluding hydrogens is 234 g/mol. The molecule has 2 nitrogen and oxygen atoms in total. The summed E-state index contributed by atoms with van der Waals surface area (Å²) in [5.74, 6) is 0.916. The van der Waals surface area contributed by atoms with Gasteiger partial charge in [0.1, 0.15) is 12.4 Å². The lowest BCUT2D eigenvalue weighted by Gasteiger charge is -2.09. The first-order chi connectivity index (χ1) is 9.17. The number of nitrogens with one attached hydrogen (secondary N) is 1. The Bertz CT molecular complexity index is 511. The standard InChI is InChI=1S/C17H21NO/c1-13-8-14(2)10-16(9-13)12-19-17-6-4-15(5-7-17)11-18-3/h4-10,18H,11-12H2,1-3H3. The molecule has 0 saturated heterocycles. The van der Waals surface area contributed by atoms with Crippen LogP contribution in [-0.4, -0.2) is 7.05 Å². The summed E-state index contributed by atoms with van der Waals surface area (Å²) in [6.45, 7) is 5.73. The quantitative estimate of drug-likeness (QED) is 0.881. The Morgan fingerprint density at radius 1 is 0.895 bits per heavy atom. The highest BCUT2D eigenvalue weighted by Gasteiger charge is 1.99. The van der Waals surface area contributed by atoms with E-state index in [4.69, 9.17) is 4.74 Å². The summed E-state index contributed by atoms with van der Waals surface area (Å²) in [4.78, 5) is 0. The van der Waals surface area contributed by atoms with Crippen LogP contribution in [0.3, 0.4) is 0 Å². The van der Waals surface area contributed by atoms with E-state index in [1.165, 1.54) is 22.3 Å². The van der Waals surface area contributed by atoms with Crippen molar-refractivity contribution in [2.24, 2.45) is 0 Å². The summed E-state index contributed by atoms with van der Waals surface area (Å²) < 4.78 is 5.81. The normalized spacial score (nSPS) is 10.5. The first-order valence-electron chi connectivity index (χ1n) is 6.61. The van der Waals surface area contributed by atoms with Crippen molar-refractivity contribution in [2.45, 2.75) is 27.0 Å². The van der Waals surface area contributed by atoms with Crippen molar-refractivity contribution >= 4 is 0 Å². The second kappa shape index (κ2) is 6.39. The molecular formula is C17H21NO. The van der Waals surface area contributed by atoms with Gasteiger partial charge in [-0.15, -0.1) is 0 Å². The SMILES string of the molecule is CNCc1ccc(OCc2cc(C)cc(C)c2)cc1. The van der Waals surface area contributed by atoms with Crippen molar-refractivity contribution in [1.82, 2.24) is 5.32 Å². The van der Waals surface area contributed by atoms with Crippen LogP contribution >= 0.6 is 0 Å². The predicted molar refractivity (Wildman–Crippen MR) is 79.5 cm³/mol. The molecule has 0 aliphatic carbocycles.